The number of aryl methyl sites for hydroxylation is 1. The zero-order chi connectivity index (χ0) is 18.9. The third-order valence-corrected chi connectivity index (χ3v) is 5.62. The van der Waals surface area contributed by atoms with Crippen molar-refractivity contribution < 1.29 is 18.3 Å². The summed E-state index contributed by atoms with van der Waals surface area (Å²) in [6.07, 6.45) is 0. The largest absolute Gasteiger partial charge is 0.274 e. The molecule has 132 valence electrons. The second kappa shape index (κ2) is 6.48. The normalized spacial score (nSPS) is 11.2. The Labute approximate surface area is 143 Å². The summed E-state index contributed by atoms with van der Waals surface area (Å²) in [7, 11) is -2.88. The minimum Gasteiger partial charge on any atom is -0.269 e. The lowest BCUT2D eigenvalue weighted by molar-refractivity contribution is -0.385. The number of nitro benzene ring substituents is 2. The first-order valence-corrected chi connectivity index (χ1v) is 8.49. The van der Waals surface area contributed by atoms with Crippen LogP contribution >= 0.6 is 0 Å². The molecule has 9 nitrogen and oxygen atoms in total. The Morgan fingerprint density at radius 1 is 0.960 bits per heavy atom. The van der Waals surface area contributed by atoms with E-state index >= 15 is 0 Å². The highest BCUT2D eigenvalue weighted by molar-refractivity contribution is 7.92. The third kappa shape index (κ3) is 3.29. The second-order valence-electron chi connectivity index (χ2n) is 5.36. The maximum Gasteiger partial charge on any atom is 0.274 e. The van der Waals surface area contributed by atoms with E-state index in [0.29, 0.717) is 5.56 Å². The van der Waals surface area contributed by atoms with Crippen LogP contribution in [0.3, 0.4) is 0 Å². The first-order chi connectivity index (χ1) is 11.6. The van der Waals surface area contributed by atoms with E-state index in [9.17, 15) is 28.6 Å². The number of hydrogen-bond acceptors (Lipinski definition) is 6. The molecule has 0 amide bonds. The molecule has 25 heavy (non-hydrogen) atoms. The number of nitro groups is 2. The van der Waals surface area contributed by atoms with Gasteiger partial charge in [0.1, 0.15) is 0 Å². The molecule has 0 spiro atoms. The topological polar surface area (TPSA) is 124 Å². The van der Waals surface area contributed by atoms with Crippen molar-refractivity contribution in [2.75, 3.05) is 11.4 Å². The SMILES string of the molecule is Cc1ccc(S(=O)(=O)N(C)c2cccc([N+](=O)[O-])c2C)cc1[N+](=O)[O-]. The number of rotatable bonds is 5. The number of hydrogen-bond donors (Lipinski definition) is 0. The summed E-state index contributed by atoms with van der Waals surface area (Å²) < 4.78 is 26.4. The van der Waals surface area contributed by atoms with Crippen molar-refractivity contribution >= 4 is 27.1 Å². The number of benzene rings is 2. The van der Waals surface area contributed by atoms with Gasteiger partial charge in [0.2, 0.25) is 0 Å². The molecule has 0 aliphatic heterocycles. The van der Waals surface area contributed by atoms with E-state index in [-0.39, 0.29) is 27.5 Å². The van der Waals surface area contributed by atoms with Gasteiger partial charge in [0.25, 0.3) is 21.4 Å². The molecular weight excluding hydrogens is 350 g/mol. The second-order valence-corrected chi connectivity index (χ2v) is 7.33. The quantitative estimate of drug-likeness (QED) is 0.593. The molecule has 10 heteroatoms. The molecule has 0 aliphatic rings. The van der Waals surface area contributed by atoms with Gasteiger partial charge in [0.15, 0.2) is 0 Å². The molecule has 0 bridgehead atoms. The van der Waals surface area contributed by atoms with Crippen LogP contribution in [0.1, 0.15) is 11.1 Å². The van der Waals surface area contributed by atoms with E-state index in [1.807, 2.05) is 0 Å². The molecule has 0 aromatic heterocycles. The van der Waals surface area contributed by atoms with Crippen molar-refractivity contribution in [2.24, 2.45) is 0 Å². The molecule has 0 atom stereocenters. The van der Waals surface area contributed by atoms with E-state index in [1.54, 1.807) is 0 Å². The Kier molecular flexibility index (Phi) is 4.75. The molecule has 0 heterocycles. The highest BCUT2D eigenvalue weighted by Gasteiger charge is 2.27. The number of sulfonamides is 1. The molecule has 2 aromatic carbocycles. The predicted octanol–water partition coefficient (Wildman–Crippen LogP) is 2.94. The molecule has 0 saturated carbocycles. The molecule has 0 radical (unpaired) electrons. The summed E-state index contributed by atoms with van der Waals surface area (Å²) in [6.45, 7) is 2.94. The van der Waals surface area contributed by atoms with Gasteiger partial charge >= 0.3 is 0 Å². The van der Waals surface area contributed by atoms with Gasteiger partial charge in [-0.25, -0.2) is 8.42 Å². The molecule has 0 N–H and O–H groups in total. The van der Waals surface area contributed by atoms with Crippen molar-refractivity contribution in [3.8, 4) is 0 Å². The molecular formula is C15H15N3O6S. The summed E-state index contributed by atoms with van der Waals surface area (Å²) in [4.78, 5) is 20.5. The zero-order valence-electron chi connectivity index (χ0n) is 13.7. The Morgan fingerprint density at radius 3 is 2.12 bits per heavy atom. The number of nitrogens with zero attached hydrogens (tertiary/aromatic N) is 3. The lowest BCUT2D eigenvalue weighted by Gasteiger charge is -2.21. The fraction of sp³-hybridized carbons (Fsp3) is 0.200. The fourth-order valence-corrected chi connectivity index (χ4v) is 3.66. The maximum atomic E-state index is 12.8. The van der Waals surface area contributed by atoms with Gasteiger partial charge in [-0.3, -0.25) is 24.5 Å². The van der Waals surface area contributed by atoms with E-state index in [0.717, 1.165) is 10.4 Å². The van der Waals surface area contributed by atoms with Crippen LogP contribution in [-0.2, 0) is 10.0 Å². The minimum absolute atomic E-state index is 0.123. The number of anilines is 1. The van der Waals surface area contributed by atoms with E-state index < -0.39 is 19.9 Å². The van der Waals surface area contributed by atoms with Gasteiger partial charge in [-0.15, -0.1) is 0 Å². The summed E-state index contributed by atoms with van der Waals surface area (Å²) in [5, 5.41) is 22.1. The first-order valence-electron chi connectivity index (χ1n) is 7.05. The Morgan fingerprint density at radius 2 is 1.56 bits per heavy atom. The molecule has 0 saturated heterocycles. The standard InChI is InChI=1S/C15H15N3O6S/c1-10-7-8-12(9-15(10)18(21)22)25(23,24)16(3)13-5-4-6-14(11(13)2)17(19)20/h4-9H,1-3H3. The van der Waals surface area contributed by atoms with Gasteiger partial charge in [0.05, 0.1) is 26.0 Å². The highest BCUT2D eigenvalue weighted by Crippen LogP contribution is 2.32. The van der Waals surface area contributed by atoms with Gasteiger partial charge in [0, 0.05) is 24.7 Å². The highest BCUT2D eigenvalue weighted by atomic mass is 32.2. The van der Waals surface area contributed by atoms with Crippen LogP contribution in [0.4, 0.5) is 17.1 Å². The average molecular weight is 365 g/mol. The van der Waals surface area contributed by atoms with Gasteiger partial charge in [-0.2, -0.15) is 0 Å². The Hall–Kier alpha value is -3.01. The van der Waals surface area contributed by atoms with E-state index in [4.69, 9.17) is 0 Å². The van der Waals surface area contributed by atoms with Crippen molar-refractivity contribution in [2.45, 2.75) is 18.7 Å². The van der Waals surface area contributed by atoms with Crippen LogP contribution in [0.25, 0.3) is 0 Å². The molecule has 2 aromatic rings. The lowest BCUT2D eigenvalue weighted by Crippen LogP contribution is -2.27. The summed E-state index contributed by atoms with van der Waals surface area (Å²) >= 11 is 0. The van der Waals surface area contributed by atoms with Crippen LogP contribution in [0, 0.1) is 34.1 Å². The minimum atomic E-state index is -4.12. The first kappa shape index (κ1) is 18.3. The molecule has 0 fully saturated rings. The summed E-state index contributed by atoms with van der Waals surface area (Å²) in [6, 6.07) is 7.68. The molecule has 0 unspecified atom stereocenters. The molecule has 2 rings (SSSR count). The third-order valence-electron chi connectivity index (χ3n) is 3.85. The van der Waals surface area contributed by atoms with Crippen LogP contribution in [-0.4, -0.2) is 25.3 Å². The lowest BCUT2D eigenvalue weighted by atomic mass is 10.1. The monoisotopic (exact) mass is 365 g/mol. The maximum absolute atomic E-state index is 12.8. The Bertz CT molecular complexity index is 971. The Balaban J connectivity index is 2.58. The smallest absolute Gasteiger partial charge is 0.269 e. The van der Waals surface area contributed by atoms with Gasteiger partial charge in [-0.1, -0.05) is 12.1 Å². The van der Waals surface area contributed by atoms with Crippen molar-refractivity contribution in [1.29, 1.82) is 0 Å². The van der Waals surface area contributed by atoms with Crippen molar-refractivity contribution in [1.82, 2.24) is 0 Å². The van der Waals surface area contributed by atoms with Gasteiger partial charge < -0.3 is 0 Å². The average Bonchev–Trinajstić information content (AvgIpc) is 2.54. The summed E-state index contributed by atoms with van der Waals surface area (Å²) in [5.41, 5.74) is 0.107. The molecule has 0 aliphatic carbocycles. The predicted molar refractivity (Wildman–Crippen MR) is 91.3 cm³/mol. The summed E-state index contributed by atoms with van der Waals surface area (Å²) in [5.74, 6) is 0. The fourth-order valence-electron chi connectivity index (χ4n) is 2.38. The van der Waals surface area contributed by atoms with Crippen molar-refractivity contribution in [3.05, 3.63) is 67.8 Å². The van der Waals surface area contributed by atoms with Crippen LogP contribution < -0.4 is 4.31 Å². The van der Waals surface area contributed by atoms with E-state index in [2.05, 4.69) is 0 Å². The van der Waals surface area contributed by atoms with Crippen LogP contribution in [0.15, 0.2) is 41.3 Å². The van der Waals surface area contributed by atoms with Crippen LogP contribution in [0.2, 0.25) is 0 Å². The zero-order valence-corrected chi connectivity index (χ0v) is 14.5. The van der Waals surface area contributed by atoms with E-state index in [1.165, 1.54) is 51.2 Å². The van der Waals surface area contributed by atoms with Crippen LogP contribution in [0.5, 0.6) is 0 Å². The van der Waals surface area contributed by atoms with Gasteiger partial charge in [-0.05, 0) is 26.0 Å². The van der Waals surface area contributed by atoms with Crippen molar-refractivity contribution in [3.63, 3.8) is 0 Å².